The molecule has 0 aliphatic carbocycles. The van der Waals surface area contributed by atoms with Crippen LogP contribution in [0, 0.1) is 23.1 Å². The number of nitrogens with one attached hydrogen (secondary N) is 1. The number of halogens is 1. The molecule has 1 heterocycles. The molecule has 0 bridgehead atoms. The summed E-state index contributed by atoms with van der Waals surface area (Å²) in [5.74, 6) is 0.248. The van der Waals surface area contributed by atoms with Gasteiger partial charge in [-0.3, -0.25) is 0 Å². The van der Waals surface area contributed by atoms with E-state index in [1.165, 1.54) is 13.2 Å². The van der Waals surface area contributed by atoms with Gasteiger partial charge >= 0.3 is 0 Å². The van der Waals surface area contributed by atoms with Gasteiger partial charge in [0.15, 0.2) is 17.9 Å². The second-order valence-corrected chi connectivity index (χ2v) is 7.71. The fraction of sp³-hybridized carbons (Fsp3) is 0.458. The van der Waals surface area contributed by atoms with Crippen LogP contribution < -0.4 is 15.0 Å². The fourth-order valence-electron chi connectivity index (χ4n) is 3.68. The molecular formula is C24H30FN3O3. The molecule has 2 aromatic rings. The minimum absolute atomic E-state index is 0.186. The second kappa shape index (κ2) is 11.7. The quantitative estimate of drug-likeness (QED) is 0.624. The summed E-state index contributed by atoms with van der Waals surface area (Å²) in [6.45, 7) is 3.59. The number of methoxy groups -OCH3 is 1. The standard InChI is InChI=1S/C24H30FN3O3/c1-27-14-20-16-30-24(31-17-20)4-3-11-28(21-8-5-18(13-26)6-9-21)15-19-7-10-23(29-2)22(25)12-19/h5-10,12,20,24,27H,3-4,11,14-17H2,1-2H3. The molecule has 0 spiro atoms. The van der Waals surface area contributed by atoms with Crippen molar-refractivity contribution in [3.63, 3.8) is 0 Å². The Morgan fingerprint density at radius 3 is 2.55 bits per heavy atom. The van der Waals surface area contributed by atoms with E-state index in [0.717, 1.165) is 37.2 Å². The summed E-state index contributed by atoms with van der Waals surface area (Å²) < 4.78 is 30.9. The third-order valence-electron chi connectivity index (χ3n) is 5.35. The lowest BCUT2D eigenvalue weighted by Gasteiger charge is -2.30. The number of nitrogens with zero attached hydrogens (tertiary/aromatic N) is 2. The van der Waals surface area contributed by atoms with Crippen LogP contribution in [0.25, 0.3) is 0 Å². The summed E-state index contributed by atoms with van der Waals surface area (Å²) in [6, 6.07) is 14.6. The number of hydrogen-bond donors (Lipinski definition) is 1. The van der Waals surface area contributed by atoms with Crippen LogP contribution in [-0.4, -0.2) is 46.8 Å². The smallest absolute Gasteiger partial charge is 0.165 e. The van der Waals surface area contributed by atoms with Crippen LogP contribution in [0.3, 0.4) is 0 Å². The average molecular weight is 428 g/mol. The lowest BCUT2D eigenvalue weighted by atomic mass is 10.1. The van der Waals surface area contributed by atoms with Gasteiger partial charge in [0, 0.05) is 37.7 Å². The number of ether oxygens (including phenoxy) is 3. The van der Waals surface area contributed by atoms with E-state index in [1.807, 2.05) is 25.2 Å². The van der Waals surface area contributed by atoms with Crippen molar-refractivity contribution >= 4 is 5.69 Å². The summed E-state index contributed by atoms with van der Waals surface area (Å²) >= 11 is 0. The van der Waals surface area contributed by atoms with E-state index in [4.69, 9.17) is 19.5 Å². The van der Waals surface area contributed by atoms with Crippen LogP contribution in [-0.2, 0) is 16.0 Å². The predicted octanol–water partition coefficient (Wildman–Crippen LogP) is 3.70. The molecule has 166 valence electrons. The van der Waals surface area contributed by atoms with Gasteiger partial charge in [-0.05, 0) is 55.4 Å². The summed E-state index contributed by atoms with van der Waals surface area (Å²) in [7, 11) is 3.38. The van der Waals surface area contributed by atoms with Crippen molar-refractivity contribution in [3.8, 4) is 11.8 Å². The fourth-order valence-corrected chi connectivity index (χ4v) is 3.68. The van der Waals surface area contributed by atoms with Gasteiger partial charge in [0.05, 0.1) is 32.0 Å². The highest BCUT2D eigenvalue weighted by Crippen LogP contribution is 2.23. The van der Waals surface area contributed by atoms with E-state index in [-0.39, 0.29) is 17.9 Å². The maximum atomic E-state index is 14.2. The third kappa shape index (κ3) is 6.66. The molecule has 6 nitrogen and oxygen atoms in total. The molecule has 0 unspecified atom stereocenters. The van der Waals surface area contributed by atoms with Gasteiger partial charge in [-0.25, -0.2) is 4.39 Å². The molecule has 31 heavy (non-hydrogen) atoms. The monoisotopic (exact) mass is 427 g/mol. The maximum Gasteiger partial charge on any atom is 0.165 e. The minimum atomic E-state index is -0.375. The van der Waals surface area contributed by atoms with Crippen molar-refractivity contribution in [1.82, 2.24) is 5.32 Å². The van der Waals surface area contributed by atoms with Crippen molar-refractivity contribution in [2.75, 3.05) is 45.4 Å². The number of rotatable bonds is 10. The zero-order valence-electron chi connectivity index (χ0n) is 18.1. The Hall–Kier alpha value is -2.66. The zero-order chi connectivity index (χ0) is 22.1. The molecule has 3 rings (SSSR count). The van der Waals surface area contributed by atoms with Crippen molar-refractivity contribution in [2.45, 2.75) is 25.7 Å². The first-order valence-corrected chi connectivity index (χ1v) is 10.6. The number of benzene rings is 2. The normalized spacial score (nSPS) is 18.4. The highest BCUT2D eigenvalue weighted by atomic mass is 19.1. The van der Waals surface area contributed by atoms with E-state index in [9.17, 15) is 4.39 Å². The Morgan fingerprint density at radius 2 is 1.94 bits per heavy atom. The van der Waals surface area contributed by atoms with Gasteiger partial charge in [-0.1, -0.05) is 6.07 Å². The minimum Gasteiger partial charge on any atom is -0.494 e. The average Bonchev–Trinajstić information content (AvgIpc) is 2.80. The molecule has 0 aromatic heterocycles. The maximum absolute atomic E-state index is 14.2. The van der Waals surface area contributed by atoms with Gasteiger partial charge in [-0.15, -0.1) is 0 Å². The van der Waals surface area contributed by atoms with Gasteiger partial charge < -0.3 is 24.4 Å². The Labute approximate surface area is 183 Å². The van der Waals surface area contributed by atoms with Gasteiger partial charge in [0.1, 0.15) is 0 Å². The highest BCUT2D eigenvalue weighted by molar-refractivity contribution is 5.50. The Balaban J connectivity index is 1.62. The van der Waals surface area contributed by atoms with E-state index >= 15 is 0 Å². The molecule has 0 atom stereocenters. The molecule has 1 fully saturated rings. The van der Waals surface area contributed by atoms with Crippen LogP contribution in [0.4, 0.5) is 10.1 Å². The lowest BCUT2D eigenvalue weighted by molar-refractivity contribution is -0.202. The highest BCUT2D eigenvalue weighted by Gasteiger charge is 2.21. The van der Waals surface area contributed by atoms with Crippen LogP contribution in [0.2, 0.25) is 0 Å². The molecule has 7 heteroatoms. The van der Waals surface area contributed by atoms with E-state index in [2.05, 4.69) is 16.3 Å². The molecule has 0 radical (unpaired) electrons. The van der Waals surface area contributed by atoms with Gasteiger partial charge in [-0.2, -0.15) is 5.26 Å². The molecule has 1 aliphatic rings. The van der Waals surface area contributed by atoms with Crippen LogP contribution >= 0.6 is 0 Å². The summed E-state index contributed by atoms with van der Waals surface area (Å²) in [6.07, 6.45) is 1.46. The molecule has 1 N–H and O–H groups in total. The van der Waals surface area contributed by atoms with E-state index in [0.29, 0.717) is 31.2 Å². The third-order valence-corrected chi connectivity index (χ3v) is 5.35. The zero-order valence-corrected chi connectivity index (χ0v) is 18.1. The van der Waals surface area contributed by atoms with Crippen LogP contribution in [0.15, 0.2) is 42.5 Å². The first-order valence-electron chi connectivity index (χ1n) is 10.6. The van der Waals surface area contributed by atoms with Crippen molar-refractivity contribution in [1.29, 1.82) is 5.26 Å². The van der Waals surface area contributed by atoms with Gasteiger partial charge in [0.25, 0.3) is 0 Å². The van der Waals surface area contributed by atoms with E-state index in [1.54, 1.807) is 18.2 Å². The van der Waals surface area contributed by atoms with Crippen molar-refractivity contribution in [2.24, 2.45) is 5.92 Å². The van der Waals surface area contributed by atoms with Crippen molar-refractivity contribution in [3.05, 3.63) is 59.4 Å². The Kier molecular flexibility index (Phi) is 8.65. The predicted molar refractivity (Wildman–Crippen MR) is 118 cm³/mol. The number of nitriles is 1. The lowest BCUT2D eigenvalue weighted by Crippen LogP contribution is -2.37. The van der Waals surface area contributed by atoms with E-state index < -0.39 is 0 Å². The summed E-state index contributed by atoms with van der Waals surface area (Å²) in [4.78, 5) is 2.18. The Morgan fingerprint density at radius 1 is 1.19 bits per heavy atom. The summed E-state index contributed by atoms with van der Waals surface area (Å²) in [5.41, 5.74) is 2.44. The van der Waals surface area contributed by atoms with Crippen LogP contribution in [0.5, 0.6) is 5.75 Å². The topological polar surface area (TPSA) is 66.8 Å². The number of anilines is 1. The largest absolute Gasteiger partial charge is 0.494 e. The SMILES string of the molecule is CNCC1COC(CCCN(Cc2ccc(OC)c(F)c2)c2ccc(C#N)cc2)OC1. The first kappa shape index (κ1) is 23.0. The molecule has 2 aromatic carbocycles. The molecular weight excluding hydrogens is 397 g/mol. The number of hydrogen-bond acceptors (Lipinski definition) is 6. The molecule has 0 amide bonds. The molecule has 1 aliphatic heterocycles. The van der Waals surface area contributed by atoms with Crippen molar-refractivity contribution < 1.29 is 18.6 Å². The molecule has 1 saturated heterocycles. The Bertz CT molecular complexity index is 861. The summed E-state index contributed by atoms with van der Waals surface area (Å²) in [5, 5.41) is 12.2. The molecule has 0 saturated carbocycles. The van der Waals surface area contributed by atoms with Gasteiger partial charge in [0.2, 0.25) is 0 Å². The first-order chi connectivity index (χ1) is 15.1. The van der Waals surface area contributed by atoms with Crippen LogP contribution in [0.1, 0.15) is 24.0 Å². The second-order valence-electron chi connectivity index (χ2n) is 7.71.